The average Bonchev–Trinajstić information content (AvgIpc) is 3.08. The van der Waals surface area contributed by atoms with Gasteiger partial charge >= 0.3 is 0 Å². The number of anilines is 2. The summed E-state index contributed by atoms with van der Waals surface area (Å²) in [6, 6.07) is 22.5. The molecule has 0 atom stereocenters. The maximum absolute atomic E-state index is 13.1. The molecule has 1 aliphatic rings. The van der Waals surface area contributed by atoms with Gasteiger partial charge in [-0.2, -0.15) is 0 Å². The Hall–Kier alpha value is -3.42. The summed E-state index contributed by atoms with van der Waals surface area (Å²) in [4.78, 5) is 27.4. The molecule has 0 aliphatic carbocycles. The van der Waals surface area contributed by atoms with Crippen molar-refractivity contribution in [3.05, 3.63) is 94.4 Å². The van der Waals surface area contributed by atoms with Gasteiger partial charge in [-0.05, 0) is 50.3 Å². The SMILES string of the molecule is Cc1ccc(NC(=O)COc2ccccc2/C=C2\SC(=S)N(c3ccc(C)cc3)C2=O)cc1. The number of benzene rings is 3. The molecule has 1 heterocycles. The van der Waals surface area contributed by atoms with Crippen molar-refractivity contribution in [2.75, 3.05) is 16.8 Å². The molecule has 0 aromatic heterocycles. The van der Waals surface area contributed by atoms with Crippen molar-refractivity contribution in [3.63, 3.8) is 0 Å². The molecule has 5 nitrogen and oxygen atoms in total. The molecule has 33 heavy (non-hydrogen) atoms. The molecule has 0 saturated carbocycles. The number of amides is 2. The quantitative estimate of drug-likeness (QED) is 0.365. The molecule has 2 amide bonds. The van der Waals surface area contributed by atoms with Crippen LogP contribution in [0.3, 0.4) is 0 Å². The van der Waals surface area contributed by atoms with E-state index in [0.717, 1.165) is 16.8 Å². The van der Waals surface area contributed by atoms with Crippen LogP contribution in [0.4, 0.5) is 11.4 Å². The minimum atomic E-state index is -0.264. The molecule has 1 aliphatic heterocycles. The summed E-state index contributed by atoms with van der Waals surface area (Å²) in [5.74, 6) is 0.0669. The van der Waals surface area contributed by atoms with E-state index in [1.807, 2.05) is 80.6 Å². The molecule has 0 unspecified atom stereocenters. The lowest BCUT2D eigenvalue weighted by molar-refractivity contribution is -0.118. The largest absolute Gasteiger partial charge is 0.483 e. The molecule has 4 rings (SSSR count). The summed E-state index contributed by atoms with van der Waals surface area (Å²) in [6.07, 6.45) is 1.75. The molecule has 3 aromatic rings. The molecule has 3 aromatic carbocycles. The van der Waals surface area contributed by atoms with E-state index in [-0.39, 0.29) is 18.4 Å². The Morgan fingerprint density at radius 2 is 1.64 bits per heavy atom. The number of thiocarbonyl (C=S) groups is 1. The summed E-state index contributed by atoms with van der Waals surface area (Å²) in [5, 5.41) is 2.81. The van der Waals surface area contributed by atoms with Gasteiger partial charge in [0.15, 0.2) is 10.9 Å². The smallest absolute Gasteiger partial charge is 0.270 e. The molecule has 0 radical (unpaired) electrons. The Balaban J connectivity index is 1.47. The number of nitrogens with zero attached hydrogens (tertiary/aromatic N) is 1. The van der Waals surface area contributed by atoms with Gasteiger partial charge in [-0.15, -0.1) is 0 Å². The maximum Gasteiger partial charge on any atom is 0.270 e. The number of hydrogen-bond acceptors (Lipinski definition) is 5. The third-order valence-corrected chi connectivity index (χ3v) is 6.29. The summed E-state index contributed by atoms with van der Waals surface area (Å²) in [7, 11) is 0. The predicted molar refractivity (Wildman–Crippen MR) is 139 cm³/mol. The lowest BCUT2D eigenvalue weighted by Gasteiger charge is -2.14. The van der Waals surface area contributed by atoms with Gasteiger partial charge in [-0.3, -0.25) is 14.5 Å². The Morgan fingerprint density at radius 3 is 2.33 bits per heavy atom. The first kappa shape index (κ1) is 22.8. The summed E-state index contributed by atoms with van der Waals surface area (Å²) in [6.45, 7) is 3.83. The van der Waals surface area contributed by atoms with Crippen molar-refractivity contribution >= 4 is 57.6 Å². The lowest BCUT2D eigenvalue weighted by Crippen LogP contribution is -2.27. The van der Waals surface area contributed by atoms with E-state index >= 15 is 0 Å². The van der Waals surface area contributed by atoms with Gasteiger partial charge < -0.3 is 10.1 Å². The van der Waals surface area contributed by atoms with Gasteiger partial charge in [0.2, 0.25) is 0 Å². The van der Waals surface area contributed by atoms with Gasteiger partial charge in [0, 0.05) is 11.3 Å². The lowest BCUT2D eigenvalue weighted by atomic mass is 10.1. The van der Waals surface area contributed by atoms with Gasteiger partial charge in [0.1, 0.15) is 5.75 Å². The zero-order valence-corrected chi connectivity index (χ0v) is 19.8. The standard InChI is InChI=1S/C26H22N2O3S2/c1-17-7-11-20(12-8-17)27-24(29)16-31-22-6-4-3-5-19(22)15-23-25(30)28(26(32)33-23)21-13-9-18(2)10-14-21/h3-15H,16H2,1-2H3,(H,27,29)/b23-15-. The number of carbonyl (C=O) groups is 2. The number of hydrogen-bond donors (Lipinski definition) is 1. The van der Waals surface area contributed by atoms with E-state index in [1.165, 1.54) is 16.7 Å². The molecular weight excluding hydrogens is 452 g/mol. The van der Waals surface area contributed by atoms with Crippen molar-refractivity contribution in [1.82, 2.24) is 0 Å². The first-order valence-electron chi connectivity index (χ1n) is 10.3. The van der Waals surface area contributed by atoms with E-state index < -0.39 is 0 Å². The second-order valence-corrected chi connectivity index (χ2v) is 9.27. The van der Waals surface area contributed by atoms with Crippen LogP contribution < -0.4 is 15.0 Å². The third kappa shape index (κ3) is 5.50. The van der Waals surface area contributed by atoms with Crippen LogP contribution >= 0.6 is 24.0 Å². The van der Waals surface area contributed by atoms with Crippen LogP contribution in [0.1, 0.15) is 16.7 Å². The van der Waals surface area contributed by atoms with Crippen molar-refractivity contribution in [2.24, 2.45) is 0 Å². The number of thioether (sulfide) groups is 1. The fourth-order valence-electron chi connectivity index (χ4n) is 3.23. The summed E-state index contributed by atoms with van der Waals surface area (Å²) < 4.78 is 6.25. The minimum Gasteiger partial charge on any atom is -0.483 e. The highest BCUT2D eigenvalue weighted by molar-refractivity contribution is 8.27. The van der Waals surface area contributed by atoms with E-state index in [9.17, 15) is 9.59 Å². The van der Waals surface area contributed by atoms with E-state index in [2.05, 4.69) is 5.32 Å². The molecule has 1 N–H and O–H groups in total. The van der Waals surface area contributed by atoms with Crippen molar-refractivity contribution in [3.8, 4) is 5.75 Å². The monoisotopic (exact) mass is 474 g/mol. The number of ether oxygens (including phenoxy) is 1. The molecular formula is C26H22N2O3S2. The van der Waals surface area contributed by atoms with Crippen LogP contribution in [-0.4, -0.2) is 22.7 Å². The van der Waals surface area contributed by atoms with E-state index in [4.69, 9.17) is 17.0 Å². The maximum atomic E-state index is 13.1. The second kappa shape index (κ2) is 10.0. The average molecular weight is 475 g/mol. The summed E-state index contributed by atoms with van der Waals surface area (Å²) in [5.41, 5.74) is 4.37. The summed E-state index contributed by atoms with van der Waals surface area (Å²) >= 11 is 6.70. The molecule has 1 fully saturated rings. The van der Waals surface area contributed by atoms with Gasteiger partial charge in [-0.25, -0.2) is 0 Å². The Bertz CT molecular complexity index is 1240. The fourth-order valence-corrected chi connectivity index (χ4v) is 4.52. The zero-order chi connectivity index (χ0) is 23.4. The normalized spacial score (nSPS) is 14.6. The highest BCUT2D eigenvalue weighted by atomic mass is 32.2. The minimum absolute atomic E-state index is 0.150. The topological polar surface area (TPSA) is 58.6 Å². The van der Waals surface area contributed by atoms with Crippen molar-refractivity contribution < 1.29 is 14.3 Å². The Kier molecular flexibility index (Phi) is 6.91. The Labute approximate surface area is 202 Å². The van der Waals surface area contributed by atoms with Crippen molar-refractivity contribution in [1.29, 1.82) is 0 Å². The highest BCUT2D eigenvalue weighted by Gasteiger charge is 2.33. The van der Waals surface area contributed by atoms with Crippen LogP contribution in [0.15, 0.2) is 77.7 Å². The van der Waals surface area contributed by atoms with Gasteiger partial charge in [0.25, 0.3) is 11.8 Å². The van der Waals surface area contributed by atoms with Crippen molar-refractivity contribution in [2.45, 2.75) is 13.8 Å². The Morgan fingerprint density at radius 1 is 1.00 bits per heavy atom. The number of carbonyl (C=O) groups excluding carboxylic acids is 2. The van der Waals surface area contributed by atoms with Crippen LogP contribution in [-0.2, 0) is 9.59 Å². The first-order chi connectivity index (χ1) is 15.9. The van der Waals surface area contributed by atoms with Crippen LogP contribution in [0.25, 0.3) is 6.08 Å². The molecule has 1 saturated heterocycles. The first-order valence-corrected chi connectivity index (χ1v) is 11.6. The molecule has 0 bridgehead atoms. The molecule has 0 spiro atoms. The fraction of sp³-hybridized carbons (Fsp3) is 0.115. The van der Waals surface area contributed by atoms with Crippen LogP contribution in [0, 0.1) is 13.8 Å². The van der Waals surface area contributed by atoms with Gasteiger partial charge in [0.05, 0.1) is 10.6 Å². The number of aryl methyl sites for hydroxylation is 2. The molecule has 166 valence electrons. The number of nitrogens with one attached hydrogen (secondary N) is 1. The van der Waals surface area contributed by atoms with E-state index in [0.29, 0.717) is 26.2 Å². The number of para-hydroxylation sites is 1. The second-order valence-electron chi connectivity index (χ2n) is 7.59. The predicted octanol–water partition coefficient (Wildman–Crippen LogP) is 5.73. The molecule has 7 heteroatoms. The highest BCUT2D eigenvalue weighted by Crippen LogP contribution is 2.37. The van der Waals surface area contributed by atoms with Gasteiger partial charge in [-0.1, -0.05) is 77.6 Å². The van der Waals surface area contributed by atoms with Crippen LogP contribution in [0.5, 0.6) is 5.75 Å². The number of rotatable bonds is 6. The zero-order valence-electron chi connectivity index (χ0n) is 18.2. The van der Waals surface area contributed by atoms with E-state index in [1.54, 1.807) is 12.1 Å². The third-order valence-electron chi connectivity index (χ3n) is 4.99. The van der Waals surface area contributed by atoms with Crippen LogP contribution in [0.2, 0.25) is 0 Å².